The lowest BCUT2D eigenvalue weighted by molar-refractivity contribution is -0.120. The molecule has 1 amide bonds. The molecule has 6 heteroatoms. The van der Waals surface area contributed by atoms with E-state index in [1.54, 1.807) is 24.7 Å². The number of carbonyl (C=O) groups excluding carboxylic acids is 1. The minimum atomic E-state index is -0.501. The van der Waals surface area contributed by atoms with Gasteiger partial charge in [0.25, 0.3) is 0 Å². The van der Waals surface area contributed by atoms with Crippen LogP contribution in [-0.2, 0) is 17.8 Å². The number of nitrogens with one attached hydrogen (secondary N) is 1. The van der Waals surface area contributed by atoms with Crippen LogP contribution in [0.4, 0.5) is 0 Å². The number of rotatable bonds is 4. The Bertz CT molecular complexity index is 1210. The van der Waals surface area contributed by atoms with Crippen LogP contribution in [0.1, 0.15) is 28.0 Å². The molecule has 4 aromatic rings. The zero-order chi connectivity index (χ0) is 19.1. The van der Waals surface area contributed by atoms with Gasteiger partial charge in [-0.05, 0) is 50.1 Å². The van der Waals surface area contributed by atoms with E-state index in [1.165, 1.54) is 0 Å². The standard InChI is InChI=1S/C21H19NO5/c1-11-10-26-19-13(3)20-16(7-15(11)19)12(2)17(21(24)27-20)8-18(23)22-9-14-5-4-6-25-14/h4-7,10H,8-9H2,1-3H3,(H,22,23). The molecule has 0 aliphatic rings. The molecule has 138 valence electrons. The van der Waals surface area contributed by atoms with E-state index >= 15 is 0 Å². The fraction of sp³-hybridized carbons (Fsp3) is 0.238. The molecule has 0 spiro atoms. The number of carbonyl (C=O) groups is 1. The Labute approximate surface area is 154 Å². The second-order valence-corrected chi connectivity index (χ2v) is 6.70. The van der Waals surface area contributed by atoms with E-state index in [1.807, 2.05) is 26.8 Å². The van der Waals surface area contributed by atoms with Gasteiger partial charge in [-0.2, -0.15) is 0 Å². The Morgan fingerprint density at radius 1 is 1.07 bits per heavy atom. The summed E-state index contributed by atoms with van der Waals surface area (Å²) in [6.45, 7) is 5.95. The summed E-state index contributed by atoms with van der Waals surface area (Å²) in [5.74, 6) is 0.387. The highest BCUT2D eigenvalue weighted by atomic mass is 16.4. The molecule has 0 bridgehead atoms. The van der Waals surface area contributed by atoms with Gasteiger partial charge < -0.3 is 18.6 Å². The van der Waals surface area contributed by atoms with Gasteiger partial charge in [-0.25, -0.2) is 4.79 Å². The van der Waals surface area contributed by atoms with Gasteiger partial charge in [0, 0.05) is 16.3 Å². The smallest absolute Gasteiger partial charge is 0.340 e. The lowest BCUT2D eigenvalue weighted by Crippen LogP contribution is -2.27. The molecule has 3 aromatic heterocycles. The Morgan fingerprint density at radius 3 is 2.63 bits per heavy atom. The molecule has 27 heavy (non-hydrogen) atoms. The monoisotopic (exact) mass is 365 g/mol. The maximum atomic E-state index is 12.5. The molecule has 0 atom stereocenters. The third-order valence-corrected chi connectivity index (χ3v) is 4.91. The third-order valence-electron chi connectivity index (χ3n) is 4.91. The van der Waals surface area contributed by atoms with Crippen LogP contribution in [0.5, 0.6) is 0 Å². The van der Waals surface area contributed by atoms with Gasteiger partial charge in [0.1, 0.15) is 16.9 Å². The van der Waals surface area contributed by atoms with Crippen LogP contribution in [0.25, 0.3) is 21.9 Å². The van der Waals surface area contributed by atoms with Gasteiger partial charge in [0.2, 0.25) is 5.91 Å². The quantitative estimate of drug-likeness (QED) is 0.554. The van der Waals surface area contributed by atoms with Crippen LogP contribution in [0, 0.1) is 20.8 Å². The molecule has 1 aromatic carbocycles. The van der Waals surface area contributed by atoms with Crippen molar-refractivity contribution in [3.05, 3.63) is 69.2 Å². The van der Waals surface area contributed by atoms with Crippen molar-refractivity contribution in [2.45, 2.75) is 33.7 Å². The van der Waals surface area contributed by atoms with E-state index in [-0.39, 0.29) is 18.9 Å². The first-order valence-corrected chi connectivity index (χ1v) is 8.68. The molecular weight excluding hydrogens is 346 g/mol. The zero-order valence-electron chi connectivity index (χ0n) is 15.3. The molecule has 0 unspecified atom stereocenters. The highest BCUT2D eigenvalue weighted by Crippen LogP contribution is 2.32. The summed E-state index contributed by atoms with van der Waals surface area (Å²) in [5, 5.41) is 4.55. The Kier molecular flexibility index (Phi) is 4.11. The van der Waals surface area contributed by atoms with Gasteiger partial charge in [0.15, 0.2) is 0 Å². The molecule has 0 saturated heterocycles. The Balaban J connectivity index is 1.72. The van der Waals surface area contributed by atoms with Crippen molar-refractivity contribution in [3.63, 3.8) is 0 Å². The highest BCUT2D eigenvalue weighted by molar-refractivity contribution is 6.00. The van der Waals surface area contributed by atoms with Crippen molar-refractivity contribution < 1.29 is 18.0 Å². The van der Waals surface area contributed by atoms with E-state index in [0.29, 0.717) is 22.5 Å². The fourth-order valence-electron chi connectivity index (χ4n) is 3.34. The van der Waals surface area contributed by atoms with Gasteiger partial charge in [-0.15, -0.1) is 0 Å². The Morgan fingerprint density at radius 2 is 1.89 bits per heavy atom. The van der Waals surface area contributed by atoms with Crippen LogP contribution in [0.2, 0.25) is 0 Å². The van der Waals surface area contributed by atoms with Crippen LogP contribution in [0.15, 0.2) is 48.8 Å². The lowest BCUT2D eigenvalue weighted by Gasteiger charge is -2.10. The summed E-state index contributed by atoms with van der Waals surface area (Å²) >= 11 is 0. The summed E-state index contributed by atoms with van der Waals surface area (Å²) in [5.41, 5.74) is 3.62. The van der Waals surface area contributed by atoms with E-state index < -0.39 is 5.63 Å². The topological polar surface area (TPSA) is 85.6 Å². The number of aryl methyl sites for hydroxylation is 3. The fourth-order valence-corrected chi connectivity index (χ4v) is 3.34. The molecule has 0 aliphatic carbocycles. The van der Waals surface area contributed by atoms with E-state index in [2.05, 4.69) is 5.32 Å². The van der Waals surface area contributed by atoms with Crippen LogP contribution < -0.4 is 10.9 Å². The highest BCUT2D eigenvalue weighted by Gasteiger charge is 2.19. The van der Waals surface area contributed by atoms with Gasteiger partial charge in [0.05, 0.1) is 31.1 Å². The minimum absolute atomic E-state index is 0.0493. The Hall–Kier alpha value is -3.28. The largest absolute Gasteiger partial charge is 0.467 e. The number of benzene rings is 1. The zero-order valence-corrected chi connectivity index (χ0v) is 15.3. The second kappa shape index (κ2) is 6.46. The maximum absolute atomic E-state index is 12.5. The average molecular weight is 365 g/mol. The molecule has 4 rings (SSSR count). The molecule has 0 saturated carbocycles. The molecule has 3 heterocycles. The number of amides is 1. The molecule has 0 aliphatic heterocycles. The van der Waals surface area contributed by atoms with Crippen LogP contribution in [-0.4, -0.2) is 5.91 Å². The van der Waals surface area contributed by atoms with Crippen LogP contribution >= 0.6 is 0 Å². The summed E-state index contributed by atoms with van der Waals surface area (Å²) in [6.07, 6.45) is 3.18. The van der Waals surface area contributed by atoms with Crippen molar-refractivity contribution in [3.8, 4) is 0 Å². The first-order valence-electron chi connectivity index (χ1n) is 8.68. The van der Waals surface area contributed by atoms with E-state index in [9.17, 15) is 9.59 Å². The SMILES string of the molecule is Cc1coc2c(C)c3oc(=O)c(CC(=O)NCc4ccco4)c(C)c3cc12. The third kappa shape index (κ3) is 2.93. The van der Waals surface area contributed by atoms with E-state index in [4.69, 9.17) is 13.3 Å². The number of hydrogen-bond acceptors (Lipinski definition) is 5. The molecule has 0 radical (unpaired) electrons. The summed E-state index contributed by atoms with van der Waals surface area (Å²) in [6, 6.07) is 5.49. The lowest BCUT2D eigenvalue weighted by atomic mass is 9.99. The predicted molar refractivity (Wildman–Crippen MR) is 101 cm³/mol. The second-order valence-electron chi connectivity index (χ2n) is 6.70. The number of hydrogen-bond donors (Lipinski definition) is 1. The summed E-state index contributed by atoms with van der Waals surface area (Å²) < 4.78 is 16.3. The number of fused-ring (bicyclic) bond motifs is 2. The number of furan rings is 2. The van der Waals surface area contributed by atoms with Crippen molar-refractivity contribution in [1.82, 2.24) is 5.32 Å². The van der Waals surface area contributed by atoms with Gasteiger partial charge in [-0.1, -0.05) is 0 Å². The summed E-state index contributed by atoms with van der Waals surface area (Å²) in [7, 11) is 0. The molecule has 6 nitrogen and oxygen atoms in total. The van der Waals surface area contributed by atoms with Gasteiger partial charge >= 0.3 is 5.63 Å². The van der Waals surface area contributed by atoms with Crippen molar-refractivity contribution in [2.75, 3.05) is 0 Å². The normalized spacial score (nSPS) is 11.4. The minimum Gasteiger partial charge on any atom is -0.467 e. The van der Waals surface area contributed by atoms with Crippen molar-refractivity contribution >= 4 is 27.8 Å². The average Bonchev–Trinajstić information content (AvgIpc) is 3.28. The van der Waals surface area contributed by atoms with Crippen molar-refractivity contribution in [2.24, 2.45) is 0 Å². The first kappa shape index (κ1) is 17.1. The van der Waals surface area contributed by atoms with Crippen molar-refractivity contribution in [1.29, 1.82) is 0 Å². The van der Waals surface area contributed by atoms with Crippen LogP contribution in [0.3, 0.4) is 0 Å². The maximum Gasteiger partial charge on any atom is 0.340 e. The molecule has 1 N–H and O–H groups in total. The summed E-state index contributed by atoms with van der Waals surface area (Å²) in [4.78, 5) is 24.8. The van der Waals surface area contributed by atoms with E-state index in [0.717, 1.165) is 27.5 Å². The molecular formula is C21H19NO5. The first-order chi connectivity index (χ1) is 13.0. The van der Waals surface area contributed by atoms with Gasteiger partial charge in [-0.3, -0.25) is 4.79 Å². The molecule has 0 fully saturated rings. The predicted octanol–water partition coefficient (Wildman–Crippen LogP) is 3.92.